The summed E-state index contributed by atoms with van der Waals surface area (Å²) in [5.74, 6) is 1.46. The Hall–Kier alpha value is -2.99. The first-order chi connectivity index (χ1) is 12.7. The van der Waals surface area contributed by atoms with Gasteiger partial charge in [0.2, 0.25) is 5.89 Å². The number of fused-ring (bicyclic) bond motifs is 2. The van der Waals surface area contributed by atoms with Gasteiger partial charge in [0.05, 0.1) is 17.5 Å². The second-order valence-electron chi connectivity index (χ2n) is 6.29. The molecular weight excluding hydrogens is 330 g/mol. The van der Waals surface area contributed by atoms with Gasteiger partial charge in [-0.15, -0.1) is 0 Å². The van der Waals surface area contributed by atoms with E-state index in [-0.39, 0.29) is 12.4 Å². The maximum absolute atomic E-state index is 12.2. The molecule has 6 heteroatoms. The number of hydrogen-bond donors (Lipinski definition) is 1. The van der Waals surface area contributed by atoms with E-state index in [0.29, 0.717) is 30.7 Å². The number of para-hydroxylation sites is 2. The van der Waals surface area contributed by atoms with Gasteiger partial charge in [0.25, 0.3) is 0 Å². The van der Waals surface area contributed by atoms with E-state index >= 15 is 0 Å². The largest absolute Gasteiger partial charge is 0.440 e. The Balaban J connectivity index is 1.65. The average Bonchev–Trinajstić information content (AvgIpc) is 3.20. The highest BCUT2D eigenvalue weighted by Gasteiger charge is 2.14. The van der Waals surface area contributed by atoms with Crippen LogP contribution in [0.25, 0.3) is 22.1 Å². The van der Waals surface area contributed by atoms with Crippen LogP contribution in [-0.4, -0.2) is 32.0 Å². The molecule has 0 aliphatic heterocycles. The van der Waals surface area contributed by atoms with Crippen LogP contribution in [0.4, 0.5) is 0 Å². The molecule has 4 rings (SSSR count). The molecule has 0 aliphatic rings. The normalized spacial score (nSPS) is 11.5. The maximum Gasteiger partial charge on any atom is 0.203 e. The minimum atomic E-state index is 0.0201. The van der Waals surface area contributed by atoms with Crippen molar-refractivity contribution in [2.75, 3.05) is 6.61 Å². The Morgan fingerprint density at radius 3 is 2.81 bits per heavy atom. The summed E-state index contributed by atoms with van der Waals surface area (Å²) in [6, 6.07) is 13.2. The van der Waals surface area contributed by atoms with Crippen LogP contribution in [-0.2, 0) is 13.5 Å². The van der Waals surface area contributed by atoms with E-state index in [9.17, 15) is 4.79 Å². The molecule has 0 fully saturated rings. The number of aliphatic hydroxyl groups is 1. The molecule has 4 aromatic rings. The van der Waals surface area contributed by atoms with Gasteiger partial charge in [-0.1, -0.05) is 12.1 Å². The number of carbonyl (C=O) groups is 1. The Labute approximate surface area is 150 Å². The standard InChI is InChI=1S/C20H19N3O3/c1-23-16-9-8-13(17(25)6-4-10-24)11-15(16)21-19(23)12-20-22-14-5-2-3-7-18(14)26-20/h2-3,5,7-9,11,24H,4,6,10,12H2,1H3. The van der Waals surface area contributed by atoms with Gasteiger partial charge >= 0.3 is 0 Å². The molecule has 0 aliphatic carbocycles. The zero-order chi connectivity index (χ0) is 18.1. The number of imidazole rings is 1. The third-order valence-electron chi connectivity index (χ3n) is 4.50. The molecule has 0 atom stereocenters. The predicted octanol–water partition coefficient (Wildman–Crippen LogP) is 3.26. The first kappa shape index (κ1) is 16.5. The Morgan fingerprint density at radius 1 is 1.15 bits per heavy atom. The van der Waals surface area contributed by atoms with Crippen LogP contribution >= 0.6 is 0 Å². The van der Waals surface area contributed by atoms with Crippen LogP contribution in [0.2, 0.25) is 0 Å². The number of aryl methyl sites for hydroxylation is 1. The number of ketones is 1. The summed E-state index contributed by atoms with van der Waals surface area (Å²) in [5.41, 5.74) is 3.94. The molecule has 0 unspecified atom stereocenters. The molecule has 2 aromatic carbocycles. The van der Waals surface area contributed by atoms with Crippen molar-refractivity contribution < 1.29 is 14.3 Å². The number of rotatable bonds is 6. The SMILES string of the molecule is Cn1c(Cc2nc3ccccc3o2)nc2cc(C(=O)CCCO)ccc21. The second-order valence-corrected chi connectivity index (χ2v) is 6.29. The molecule has 2 aromatic heterocycles. The predicted molar refractivity (Wildman–Crippen MR) is 98.2 cm³/mol. The molecule has 0 saturated heterocycles. The lowest BCUT2D eigenvalue weighted by atomic mass is 10.1. The summed E-state index contributed by atoms with van der Waals surface area (Å²) in [6.45, 7) is 0.0201. The van der Waals surface area contributed by atoms with Crippen molar-refractivity contribution in [2.24, 2.45) is 7.05 Å². The molecule has 132 valence electrons. The number of hydrogen-bond acceptors (Lipinski definition) is 5. The number of nitrogens with zero attached hydrogens (tertiary/aromatic N) is 3. The molecule has 0 spiro atoms. The molecule has 2 heterocycles. The molecule has 0 saturated carbocycles. The molecule has 1 N–H and O–H groups in total. The first-order valence-corrected chi connectivity index (χ1v) is 8.59. The fourth-order valence-corrected chi connectivity index (χ4v) is 3.10. The van der Waals surface area contributed by atoms with Crippen molar-refractivity contribution in [3.63, 3.8) is 0 Å². The van der Waals surface area contributed by atoms with Gasteiger partial charge in [-0.2, -0.15) is 0 Å². The van der Waals surface area contributed by atoms with Crippen LogP contribution < -0.4 is 0 Å². The van der Waals surface area contributed by atoms with Crippen molar-refractivity contribution in [1.29, 1.82) is 0 Å². The maximum atomic E-state index is 12.2. The zero-order valence-electron chi connectivity index (χ0n) is 14.5. The fourth-order valence-electron chi connectivity index (χ4n) is 3.10. The fraction of sp³-hybridized carbons (Fsp3) is 0.250. The zero-order valence-corrected chi connectivity index (χ0v) is 14.5. The summed E-state index contributed by atoms with van der Waals surface area (Å²) in [7, 11) is 1.95. The topological polar surface area (TPSA) is 81.2 Å². The van der Waals surface area contributed by atoms with E-state index in [1.54, 1.807) is 0 Å². The molecule has 0 amide bonds. The highest BCUT2D eigenvalue weighted by atomic mass is 16.3. The van der Waals surface area contributed by atoms with E-state index < -0.39 is 0 Å². The van der Waals surface area contributed by atoms with Gasteiger partial charge in [-0.3, -0.25) is 4.79 Å². The van der Waals surface area contributed by atoms with Crippen molar-refractivity contribution >= 4 is 27.9 Å². The second kappa shape index (κ2) is 6.72. The summed E-state index contributed by atoms with van der Waals surface area (Å²) >= 11 is 0. The van der Waals surface area contributed by atoms with Crippen molar-refractivity contribution in [3.8, 4) is 0 Å². The smallest absolute Gasteiger partial charge is 0.203 e. The summed E-state index contributed by atoms with van der Waals surface area (Å²) in [5, 5.41) is 8.88. The molecule has 0 bridgehead atoms. The summed E-state index contributed by atoms with van der Waals surface area (Å²) in [4.78, 5) is 21.3. The van der Waals surface area contributed by atoms with Gasteiger partial charge in [0.1, 0.15) is 11.3 Å². The van der Waals surface area contributed by atoms with Crippen LogP contribution in [0.3, 0.4) is 0 Å². The quantitative estimate of drug-likeness (QED) is 0.540. The van der Waals surface area contributed by atoms with Crippen molar-refractivity contribution in [3.05, 3.63) is 59.7 Å². The molecule has 0 radical (unpaired) electrons. The average molecular weight is 349 g/mol. The number of aromatic nitrogens is 3. The van der Waals surface area contributed by atoms with Gasteiger partial charge < -0.3 is 14.1 Å². The van der Waals surface area contributed by atoms with Crippen LogP contribution in [0, 0.1) is 0 Å². The minimum Gasteiger partial charge on any atom is -0.440 e. The summed E-state index contributed by atoms with van der Waals surface area (Å²) < 4.78 is 7.78. The highest BCUT2D eigenvalue weighted by Crippen LogP contribution is 2.21. The van der Waals surface area contributed by atoms with E-state index in [0.717, 1.165) is 28.0 Å². The number of oxazole rings is 1. The Morgan fingerprint density at radius 2 is 2.00 bits per heavy atom. The number of carbonyl (C=O) groups excluding carboxylic acids is 1. The lowest BCUT2D eigenvalue weighted by Gasteiger charge is -2.01. The summed E-state index contributed by atoms with van der Waals surface area (Å²) in [6.07, 6.45) is 1.29. The third kappa shape index (κ3) is 2.99. The van der Waals surface area contributed by atoms with E-state index in [4.69, 9.17) is 9.52 Å². The van der Waals surface area contributed by atoms with Crippen LogP contribution in [0.15, 0.2) is 46.9 Å². The van der Waals surface area contributed by atoms with Gasteiger partial charge in [0.15, 0.2) is 11.4 Å². The Kier molecular flexibility index (Phi) is 4.26. The number of Topliss-reactive ketones (excluding diaryl/α,β-unsaturated/α-hetero) is 1. The van der Waals surface area contributed by atoms with Gasteiger partial charge in [0, 0.05) is 25.6 Å². The van der Waals surface area contributed by atoms with Gasteiger partial charge in [-0.25, -0.2) is 9.97 Å². The third-order valence-corrected chi connectivity index (χ3v) is 4.50. The van der Waals surface area contributed by atoms with E-state index in [2.05, 4.69) is 9.97 Å². The van der Waals surface area contributed by atoms with Crippen molar-refractivity contribution in [1.82, 2.24) is 14.5 Å². The van der Waals surface area contributed by atoms with Crippen molar-refractivity contribution in [2.45, 2.75) is 19.3 Å². The first-order valence-electron chi connectivity index (χ1n) is 8.59. The number of benzene rings is 2. The number of aliphatic hydroxyl groups excluding tert-OH is 1. The Bertz CT molecular complexity index is 1060. The lowest BCUT2D eigenvalue weighted by Crippen LogP contribution is -2.00. The minimum absolute atomic E-state index is 0.0201. The van der Waals surface area contributed by atoms with Crippen LogP contribution in [0.1, 0.15) is 34.9 Å². The monoisotopic (exact) mass is 349 g/mol. The van der Waals surface area contributed by atoms with E-state index in [1.165, 1.54) is 0 Å². The molecular formula is C20H19N3O3. The highest BCUT2D eigenvalue weighted by molar-refractivity contribution is 5.99. The lowest BCUT2D eigenvalue weighted by molar-refractivity contribution is 0.0971. The molecule has 26 heavy (non-hydrogen) atoms. The van der Waals surface area contributed by atoms with Crippen LogP contribution in [0.5, 0.6) is 0 Å². The molecule has 6 nitrogen and oxygen atoms in total. The van der Waals surface area contributed by atoms with Gasteiger partial charge in [-0.05, 0) is 36.8 Å². The van der Waals surface area contributed by atoms with E-state index in [1.807, 2.05) is 54.1 Å².